The normalized spacial score (nSPS) is 13.8. The molecule has 0 spiro atoms. The summed E-state index contributed by atoms with van der Waals surface area (Å²) >= 11 is 0. The van der Waals surface area contributed by atoms with E-state index in [-0.39, 0.29) is 0 Å². The Labute approximate surface area is 60.5 Å². The van der Waals surface area contributed by atoms with E-state index in [0.29, 0.717) is 6.42 Å². The third-order valence-corrected chi connectivity index (χ3v) is 1.11. The quantitative estimate of drug-likeness (QED) is 0.571. The molecule has 0 radical (unpaired) electrons. The van der Waals surface area contributed by atoms with Crippen LogP contribution in [0.15, 0.2) is 12.2 Å². The highest BCUT2D eigenvalue weighted by Gasteiger charge is 2.07. The maximum absolute atomic E-state index is 10.1. The van der Waals surface area contributed by atoms with Gasteiger partial charge < -0.3 is 10.8 Å². The predicted molar refractivity (Wildman–Crippen MR) is 39.7 cm³/mol. The molecule has 0 fully saturated rings. The average molecular weight is 143 g/mol. The molecular formula is C7H13NO2. The van der Waals surface area contributed by atoms with Gasteiger partial charge in [0.05, 0.1) is 0 Å². The lowest BCUT2D eigenvalue weighted by molar-refractivity contribution is -0.138. The van der Waals surface area contributed by atoms with Crippen molar-refractivity contribution in [1.82, 2.24) is 0 Å². The van der Waals surface area contributed by atoms with Crippen LogP contribution in [-0.4, -0.2) is 17.1 Å². The summed E-state index contributed by atoms with van der Waals surface area (Å²) in [7, 11) is 0. The van der Waals surface area contributed by atoms with E-state index in [1.54, 1.807) is 6.08 Å². The molecule has 0 aromatic heterocycles. The van der Waals surface area contributed by atoms with Crippen molar-refractivity contribution in [3.8, 4) is 0 Å². The van der Waals surface area contributed by atoms with E-state index < -0.39 is 12.0 Å². The van der Waals surface area contributed by atoms with Crippen molar-refractivity contribution in [2.24, 2.45) is 5.73 Å². The second-order valence-corrected chi connectivity index (χ2v) is 2.06. The second kappa shape index (κ2) is 4.99. The van der Waals surface area contributed by atoms with E-state index >= 15 is 0 Å². The van der Waals surface area contributed by atoms with Crippen LogP contribution in [0.4, 0.5) is 0 Å². The molecule has 0 aliphatic rings. The standard InChI is InChI=1S/C7H13NO2/c1-2-3-4-5-6(8)7(9)10/h3-4,6H,2,5,8H2,1H3,(H,9,10)/b4-3+. The number of hydrogen-bond donors (Lipinski definition) is 2. The Morgan fingerprint density at radius 2 is 2.30 bits per heavy atom. The van der Waals surface area contributed by atoms with Crippen LogP contribution in [0, 0.1) is 0 Å². The minimum atomic E-state index is -0.944. The van der Waals surface area contributed by atoms with Gasteiger partial charge in [0.2, 0.25) is 0 Å². The Balaban J connectivity index is 3.48. The van der Waals surface area contributed by atoms with Gasteiger partial charge in [-0.15, -0.1) is 0 Å². The van der Waals surface area contributed by atoms with Crippen LogP contribution in [0.1, 0.15) is 19.8 Å². The molecule has 0 saturated carbocycles. The van der Waals surface area contributed by atoms with Gasteiger partial charge in [-0.25, -0.2) is 0 Å². The first-order valence-electron chi connectivity index (χ1n) is 3.31. The van der Waals surface area contributed by atoms with Crippen molar-refractivity contribution in [3.63, 3.8) is 0 Å². The Hall–Kier alpha value is -0.830. The summed E-state index contributed by atoms with van der Waals surface area (Å²) in [4.78, 5) is 10.1. The largest absolute Gasteiger partial charge is 0.480 e. The van der Waals surface area contributed by atoms with Gasteiger partial charge in [0.25, 0.3) is 0 Å². The molecule has 3 nitrogen and oxygen atoms in total. The third-order valence-electron chi connectivity index (χ3n) is 1.11. The van der Waals surface area contributed by atoms with E-state index in [1.165, 1.54) is 0 Å². The molecule has 0 bridgehead atoms. The van der Waals surface area contributed by atoms with Crippen LogP contribution < -0.4 is 5.73 Å². The Bertz CT molecular complexity index is 132. The van der Waals surface area contributed by atoms with E-state index in [2.05, 4.69) is 0 Å². The van der Waals surface area contributed by atoms with Crippen molar-refractivity contribution in [2.75, 3.05) is 0 Å². The van der Waals surface area contributed by atoms with Crippen molar-refractivity contribution >= 4 is 5.97 Å². The van der Waals surface area contributed by atoms with E-state index in [9.17, 15) is 4.79 Å². The number of carboxylic acid groups (broad SMARTS) is 1. The summed E-state index contributed by atoms with van der Waals surface area (Å²) in [5, 5.41) is 8.32. The fourth-order valence-corrected chi connectivity index (χ4v) is 0.510. The minimum absolute atomic E-state index is 0.420. The number of nitrogens with two attached hydrogens (primary N) is 1. The Morgan fingerprint density at radius 1 is 1.70 bits per heavy atom. The molecule has 0 amide bonds. The summed E-state index contributed by atoms with van der Waals surface area (Å²) in [6.07, 6.45) is 5.04. The van der Waals surface area contributed by atoms with E-state index in [4.69, 9.17) is 10.8 Å². The lowest BCUT2D eigenvalue weighted by Gasteiger charge is -1.99. The van der Waals surface area contributed by atoms with Gasteiger partial charge in [-0.05, 0) is 12.8 Å². The molecule has 1 atom stereocenters. The molecular weight excluding hydrogens is 130 g/mol. The SMILES string of the molecule is CC/C=C/CC(N)C(=O)O. The van der Waals surface area contributed by atoms with Gasteiger partial charge in [0, 0.05) is 0 Å². The van der Waals surface area contributed by atoms with Gasteiger partial charge in [-0.3, -0.25) is 4.79 Å². The topological polar surface area (TPSA) is 63.3 Å². The number of allylic oxidation sites excluding steroid dienone is 1. The molecule has 0 rings (SSSR count). The van der Waals surface area contributed by atoms with Crippen molar-refractivity contribution < 1.29 is 9.90 Å². The highest BCUT2D eigenvalue weighted by atomic mass is 16.4. The molecule has 3 N–H and O–H groups in total. The summed E-state index contributed by atoms with van der Waals surface area (Å²) in [6.45, 7) is 1.99. The molecule has 0 aliphatic carbocycles. The molecule has 0 aromatic rings. The molecule has 0 heterocycles. The first kappa shape index (κ1) is 9.17. The van der Waals surface area contributed by atoms with Crippen molar-refractivity contribution in [1.29, 1.82) is 0 Å². The Kier molecular flexibility index (Phi) is 4.58. The zero-order valence-corrected chi connectivity index (χ0v) is 6.08. The maximum atomic E-state index is 10.1. The fourth-order valence-electron chi connectivity index (χ4n) is 0.510. The summed E-state index contributed by atoms with van der Waals surface area (Å²) < 4.78 is 0. The monoisotopic (exact) mass is 143 g/mol. The third kappa shape index (κ3) is 4.09. The van der Waals surface area contributed by atoms with Gasteiger partial charge in [-0.2, -0.15) is 0 Å². The van der Waals surface area contributed by atoms with Crippen LogP contribution in [0.3, 0.4) is 0 Å². The van der Waals surface area contributed by atoms with Crippen LogP contribution >= 0.6 is 0 Å². The number of rotatable bonds is 4. The molecule has 10 heavy (non-hydrogen) atoms. The smallest absolute Gasteiger partial charge is 0.320 e. The van der Waals surface area contributed by atoms with Crippen LogP contribution in [0.2, 0.25) is 0 Å². The van der Waals surface area contributed by atoms with Crippen LogP contribution in [-0.2, 0) is 4.79 Å². The van der Waals surface area contributed by atoms with Gasteiger partial charge in [0.15, 0.2) is 0 Å². The van der Waals surface area contributed by atoms with Crippen molar-refractivity contribution in [2.45, 2.75) is 25.8 Å². The highest BCUT2D eigenvalue weighted by Crippen LogP contribution is 1.91. The number of aliphatic carboxylic acids is 1. The number of carboxylic acids is 1. The second-order valence-electron chi connectivity index (χ2n) is 2.06. The zero-order valence-electron chi connectivity index (χ0n) is 6.08. The average Bonchev–Trinajstić information content (AvgIpc) is 1.88. The molecule has 0 aromatic carbocycles. The molecule has 0 aliphatic heterocycles. The number of carbonyl (C=O) groups is 1. The van der Waals surface area contributed by atoms with Crippen LogP contribution in [0.5, 0.6) is 0 Å². The van der Waals surface area contributed by atoms with Gasteiger partial charge in [0.1, 0.15) is 6.04 Å². The lowest BCUT2D eigenvalue weighted by Crippen LogP contribution is -2.29. The molecule has 1 unspecified atom stereocenters. The van der Waals surface area contributed by atoms with E-state index in [1.807, 2.05) is 13.0 Å². The van der Waals surface area contributed by atoms with Crippen LogP contribution in [0.25, 0.3) is 0 Å². The Morgan fingerprint density at radius 3 is 2.70 bits per heavy atom. The summed E-state index contributed by atoms with van der Waals surface area (Å²) in [5.41, 5.74) is 5.21. The molecule has 58 valence electrons. The highest BCUT2D eigenvalue weighted by molar-refractivity contribution is 5.73. The fraction of sp³-hybridized carbons (Fsp3) is 0.571. The van der Waals surface area contributed by atoms with Crippen molar-refractivity contribution in [3.05, 3.63) is 12.2 Å². The summed E-state index contributed by atoms with van der Waals surface area (Å²) in [5.74, 6) is -0.944. The minimum Gasteiger partial charge on any atom is -0.480 e. The number of hydrogen-bond acceptors (Lipinski definition) is 2. The lowest BCUT2D eigenvalue weighted by atomic mass is 10.2. The maximum Gasteiger partial charge on any atom is 0.320 e. The molecule has 0 saturated heterocycles. The van der Waals surface area contributed by atoms with Gasteiger partial charge in [-0.1, -0.05) is 19.1 Å². The predicted octanol–water partition coefficient (Wildman–Crippen LogP) is 0.755. The molecule has 3 heteroatoms. The summed E-state index contributed by atoms with van der Waals surface area (Å²) in [6, 6.07) is -0.747. The van der Waals surface area contributed by atoms with Gasteiger partial charge >= 0.3 is 5.97 Å². The zero-order chi connectivity index (χ0) is 7.98. The van der Waals surface area contributed by atoms with E-state index in [0.717, 1.165) is 6.42 Å². The first-order valence-corrected chi connectivity index (χ1v) is 3.31. The first-order chi connectivity index (χ1) is 4.68.